The summed E-state index contributed by atoms with van der Waals surface area (Å²) in [6, 6.07) is 0.0955. The van der Waals surface area contributed by atoms with Crippen molar-refractivity contribution in [1.29, 1.82) is 0 Å². The molecule has 5 nitrogen and oxygen atoms in total. The standard InChI is InChI=1S/C11H22N2O3/c1-3-12-10(11(14)15)8-13(6-7-16-2)9-4-5-9/h9-10,12H,3-8H2,1-2H3,(H,14,15). The van der Waals surface area contributed by atoms with Gasteiger partial charge in [0, 0.05) is 26.2 Å². The molecule has 0 aromatic heterocycles. The largest absolute Gasteiger partial charge is 0.480 e. The monoisotopic (exact) mass is 230 g/mol. The highest BCUT2D eigenvalue weighted by atomic mass is 16.5. The first-order valence-electron chi connectivity index (χ1n) is 5.88. The van der Waals surface area contributed by atoms with E-state index >= 15 is 0 Å². The first-order chi connectivity index (χ1) is 7.69. The van der Waals surface area contributed by atoms with Gasteiger partial charge in [-0.1, -0.05) is 6.92 Å². The maximum atomic E-state index is 11.0. The minimum Gasteiger partial charge on any atom is -0.480 e. The Bertz CT molecular complexity index is 219. The van der Waals surface area contributed by atoms with E-state index in [4.69, 9.17) is 9.84 Å². The maximum absolute atomic E-state index is 11.0. The van der Waals surface area contributed by atoms with Gasteiger partial charge in [0.2, 0.25) is 0 Å². The molecule has 2 N–H and O–H groups in total. The van der Waals surface area contributed by atoms with Gasteiger partial charge in [-0.15, -0.1) is 0 Å². The van der Waals surface area contributed by atoms with Crippen LogP contribution in [0.1, 0.15) is 19.8 Å². The lowest BCUT2D eigenvalue weighted by Crippen LogP contribution is -2.47. The Balaban J connectivity index is 2.40. The molecule has 1 unspecified atom stereocenters. The highest BCUT2D eigenvalue weighted by Crippen LogP contribution is 2.26. The third-order valence-corrected chi connectivity index (χ3v) is 2.81. The number of carboxylic acid groups (broad SMARTS) is 1. The molecule has 0 spiro atoms. The summed E-state index contributed by atoms with van der Waals surface area (Å²) in [6.07, 6.45) is 2.37. The SMILES string of the molecule is CCNC(CN(CCOC)C1CC1)C(=O)O. The van der Waals surface area contributed by atoms with Crippen LogP contribution in [0.25, 0.3) is 0 Å². The van der Waals surface area contributed by atoms with Crippen LogP contribution in [0.2, 0.25) is 0 Å². The zero-order valence-corrected chi connectivity index (χ0v) is 10.1. The third-order valence-electron chi connectivity index (χ3n) is 2.81. The van der Waals surface area contributed by atoms with Crippen LogP contribution < -0.4 is 5.32 Å². The Labute approximate surface area is 96.8 Å². The molecule has 1 fully saturated rings. The Kier molecular flexibility index (Phi) is 5.73. The predicted octanol–water partition coefficient (Wildman–Crippen LogP) is 0.160. The van der Waals surface area contributed by atoms with E-state index in [1.54, 1.807) is 7.11 Å². The van der Waals surface area contributed by atoms with Crippen LogP contribution in [-0.4, -0.2) is 61.4 Å². The highest BCUT2D eigenvalue weighted by Gasteiger charge is 2.31. The number of aliphatic carboxylic acids is 1. The van der Waals surface area contributed by atoms with Crippen molar-refractivity contribution in [3.63, 3.8) is 0 Å². The van der Waals surface area contributed by atoms with Crippen molar-refractivity contribution in [2.24, 2.45) is 0 Å². The lowest BCUT2D eigenvalue weighted by molar-refractivity contribution is -0.140. The smallest absolute Gasteiger partial charge is 0.322 e. The van der Waals surface area contributed by atoms with Gasteiger partial charge >= 0.3 is 5.97 Å². The molecule has 0 amide bonds. The normalized spacial score (nSPS) is 17.7. The second-order valence-corrected chi connectivity index (χ2v) is 4.17. The van der Waals surface area contributed by atoms with Gasteiger partial charge in [0.1, 0.15) is 6.04 Å². The number of carbonyl (C=O) groups is 1. The molecule has 1 saturated carbocycles. The van der Waals surface area contributed by atoms with Crippen molar-refractivity contribution in [2.45, 2.75) is 31.8 Å². The minimum atomic E-state index is -0.773. The summed E-state index contributed by atoms with van der Waals surface area (Å²) in [5, 5.41) is 12.1. The van der Waals surface area contributed by atoms with Crippen molar-refractivity contribution < 1.29 is 14.6 Å². The van der Waals surface area contributed by atoms with Crippen LogP contribution in [0.5, 0.6) is 0 Å². The van der Waals surface area contributed by atoms with E-state index in [0.717, 1.165) is 6.54 Å². The molecule has 0 aromatic carbocycles. The lowest BCUT2D eigenvalue weighted by atomic mass is 10.2. The van der Waals surface area contributed by atoms with Crippen LogP contribution in [0.15, 0.2) is 0 Å². The highest BCUT2D eigenvalue weighted by molar-refractivity contribution is 5.73. The summed E-state index contributed by atoms with van der Waals surface area (Å²) in [6.45, 7) is 4.65. The molecule has 1 atom stereocenters. The van der Waals surface area contributed by atoms with Crippen molar-refractivity contribution in [3.8, 4) is 0 Å². The molecular weight excluding hydrogens is 208 g/mol. The summed E-state index contributed by atoms with van der Waals surface area (Å²) in [4.78, 5) is 13.2. The van der Waals surface area contributed by atoms with Gasteiger partial charge in [-0.3, -0.25) is 9.69 Å². The van der Waals surface area contributed by atoms with Gasteiger partial charge in [0.15, 0.2) is 0 Å². The summed E-state index contributed by atoms with van der Waals surface area (Å²) in [5.41, 5.74) is 0. The fourth-order valence-electron chi connectivity index (χ4n) is 1.78. The van der Waals surface area contributed by atoms with E-state index in [0.29, 0.717) is 25.7 Å². The lowest BCUT2D eigenvalue weighted by Gasteiger charge is -2.25. The number of likely N-dealkylation sites (N-methyl/N-ethyl adjacent to an activating group) is 1. The minimum absolute atomic E-state index is 0.470. The Morgan fingerprint density at radius 1 is 1.62 bits per heavy atom. The fourth-order valence-corrected chi connectivity index (χ4v) is 1.78. The third kappa shape index (κ3) is 4.47. The summed E-state index contributed by atoms with van der Waals surface area (Å²) < 4.78 is 5.04. The number of carboxylic acids is 1. The molecule has 1 aliphatic rings. The Morgan fingerprint density at radius 2 is 2.31 bits per heavy atom. The van der Waals surface area contributed by atoms with Crippen LogP contribution in [0.4, 0.5) is 0 Å². The number of nitrogens with one attached hydrogen (secondary N) is 1. The second kappa shape index (κ2) is 6.83. The zero-order chi connectivity index (χ0) is 12.0. The number of methoxy groups -OCH3 is 1. The molecule has 16 heavy (non-hydrogen) atoms. The summed E-state index contributed by atoms with van der Waals surface area (Å²) in [7, 11) is 1.67. The van der Waals surface area contributed by atoms with Crippen molar-refractivity contribution in [3.05, 3.63) is 0 Å². The number of nitrogens with zero attached hydrogens (tertiary/aromatic N) is 1. The molecule has 5 heteroatoms. The Morgan fingerprint density at radius 3 is 2.75 bits per heavy atom. The van der Waals surface area contributed by atoms with E-state index in [1.165, 1.54) is 12.8 Å². The molecule has 0 bridgehead atoms. The first kappa shape index (κ1) is 13.4. The number of hydrogen-bond donors (Lipinski definition) is 2. The zero-order valence-electron chi connectivity index (χ0n) is 10.1. The number of hydrogen-bond acceptors (Lipinski definition) is 4. The van der Waals surface area contributed by atoms with E-state index < -0.39 is 12.0 Å². The van der Waals surface area contributed by atoms with E-state index in [2.05, 4.69) is 10.2 Å². The predicted molar refractivity (Wildman–Crippen MR) is 61.6 cm³/mol. The second-order valence-electron chi connectivity index (χ2n) is 4.17. The molecule has 0 aliphatic heterocycles. The van der Waals surface area contributed by atoms with Crippen molar-refractivity contribution in [1.82, 2.24) is 10.2 Å². The molecule has 0 aromatic rings. The number of ether oxygens (including phenoxy) is 1. The van der Waals surface area contributed by atoms with Gasteiger partial charge in [0.25, 0.3) is 0 Å². The van der Waals surface area contributed by atoms with E-state index in [1.807, 2.05) is 6.92 Å². The van der Waals surface area contributed by atoms with Crippen molar-refractivity contribution in [2.75, 3.05) is 33.4 Å². The quantitative estimate of drug-likeness (QED) is 0.591. The molecule has 0 radical (unpaired) electrons. The average molecular weight is 230 g/mol. The maximum Gasteiger partial charge on any atom is 0.322 e. The van der Waals surface area contributed by atoms with Gasteiger partial charge < -0.3 is 15.2 Å². The summed E-state index contributed by atoms with van der Waals surface area (Å²) >= 11 is 0. The van der Waals surface area contributed by atoms with Gasteiger partial charge in [-0.2, -0.15) is 0 Å². The fraction of sp³-hybridized carbons (Fsp3) is 0.909. The molecule has 94 valence electrons. The Hall–Kier alpha value is -0.650. The van der Waals surface area contributed by atoms with Gasteiger partial charge in [0.05, 0.1) is 6.61 Å². The molecule has 0 heterocycles. The molecule has 0 saturated heterocycles. The summed E-state index contributed by atoms with van der Waals surface area (Å²) in [5.74, 6) is -0.773. The van der Waals surface area contributed by atoms with Gasteiger partial charge in [-0.25, -0.2) is 0 Å². The number of rotatable bonds is 9. The topological polar surface area (TPSA) is 61.8 Å². The van der Waals surface area contributed by atoms with Gasteiger partial charge in [-0.05, 0) is 19.4 Å². The van der Waals surface area contributed by atoms with E-state index in [-0.39, 0.29) is 0 Å². The molecule has 1 aliphatic carbocycles. The van der Waals surface area contributed by atoms with Crippen LogP contribution >= 0.6 is 0 Å². The van der Waals surface area contributed by atoms with E-state index in [9.17, 15) is 4.79 Å². The first-order valence-corrected chi connectivity index (χ1v) is 5.88. The van der Waals surface area contributed by atoms with Crippen LogP contribution in [0, 0.1) is 0 Å². The van der Waals surface area contributed by atoms with Crippen LogP contribution in [-0.2, 0) is 9.53 Å². The van der Waals surface area contributed by atoms with Crippen molar-refractivity contribution >= 4 is 5.97 Å². The van der Waals surface area contributed by atoms with Crippen LogP contribution in [0.3, 0.4) is 0 Å². The molecular formula is C11H22N2O3. The molecule has 1 rings (SSSR count). The average Bonchev–Trinajstić information content (AvgIpc) is 3.06.